The number of rotatable bonds is 8. The van der Waals surface area contributed by atoms with Gasteiger partial charge in [-0.05, 0) is 50.0 Å². The van der Waals surface area contributed by atoms with E-state index in [1.165, 1.54) is 49.1 Å². The number of benzene rings is 1. The number of nitrogens with one attached hydrogen (secondary N) is 1. The maximum absolute atomic E-state index is 5.88. The molecule has 1 aliphatic carbocycles. The highest BCUT2D eigenvalue weighted by atomic mass is 16.5. The minimum atomic E-state index is 0.664. The Morgan fingerprint density at radius 1 is 1.14 bits per heavy atom. The van der Waals surface area contributed by atoms with Crippen LogP contribution in [0.25, 0.3) is 0 Å². The molecule has 118 valence electrons. The van der Waals surface area contributed by atoms with Crippen molar-refractivity contribution in [1.82, 2.24) is 9.97 Å². The first kappa shape index (κ1) is 15.3. The molecule has 0 bridgehead atoms. The third kappa shape index (κ3) is 4.44. The van der Waals surface area contributed by atoms with Gasteiger partial charge in [-0.25, -0.2) is 4.98 Å². The minimum absolute atomic E-state index is 0.664. The van der Waals surface area contributed by atoms with Crippen molar-refractivity contribution in [2.24, 2.45) is 5.92 Å². The molecule has 0 saturated carbocycles. The van der Waals surface area contributed by atoms with Gasteiger partial charge < -0.3 is 9.72 Å². The van der Waals surface area contributed by atoms with Gasteiger partial charge in [-0.1, -0.05) is 36.8 Å². The molecule has 3 rings (SSSR count). The monoisotopic (exact) mass is 298 g/mol. The number of ether oxygens (including phenoxy) is 1. The molecule has 22 heavy (non-hydrogen) atoms. The summed E-state index contributed by atoms with van der Waals surface area (Å²) in [5.41, 5.74) is 4.03. The Bertz CT molecular complexity index is 550. The largest absolute Gasteiger partial charge is 0.381 e. The van der Waals surface area contributed by atoms with Gasteiger partial charge in [-0.2, -0.15) is 0 Å². The summed E-state index contributed by atoms with van der Waals surface area (Å²) in [7, 11) is 0. The summed E-state index contributed by atoms with van der Waals surface area (Å²) < 4.78 is 5.88. The number of H-pyrrole nitrogens is 1. The van der Waals surface area contributed by atoms with Gasteiger partial charge in [0.2, 0.25) is 0 Å². The zero-order chi connectivity index (χ0) is 15.0. The second-order valence-electron chi connectivity index (χ2n) is 6.31. The number of nitrogens with zero attached hydrogens (tertiary/aromatic N) is 1. The molecule has 3 nitrogen and oxygen atoms in total. The summed E-state index contributed by atoms with van der Waals surface area (Å²) in [5, 5.41) is 0. The first-order valence-electron chi connectivity index (χ1n) is 8.54. The molecule has 0 spiro atoms. The molecule has 1 N–H and O–H groups in total. The highest BCUT2D eigenvalue weighted by Gasteiger charge is 2.20. The number of unbranched alkanes of at least 4 members (excludes halogenated alkanes) is 2. The molecule has 0 radical (unpaired) electrons. The Morgan fingerprint density at radius 3 is 2.95 bits per heavy atom. The van der Waals surface area contributed by atoms with Crippen LogP contribution in [0.3, 0.4) is 0 Å². The fourth-order valence-corrected chi connectivity index (χ4v) is 3.22. The Balaban J connectivity index is 1.23. The van der Waals surface area contributed by atoms with Gasteiger partial charge in [-0.3, -0.25) is 0 Å². The standard InChI is InChI=1S/C19H26N2O/c1-3-7-16(8-4-1)9-5-2-6-12-22-14-17-10-11-18-19(13-17)21-15-20-18/h1,3-4,7-8,15,17H,2,5-6,9-14H2,(H,20,21). The SMILES string of the molecule is c1ccc(CCCCCOCC2CCc3nc[nH]c3C2)cc1. The van der Waals surface area contributed by atoms with E-state index in [4.69, 9.17) is 4.74 Å². The van der Waals surface area contributed by atoms with Gasteiger partial charge in [0, 0.05) is 18.9 Å². The first-order valence-corrected chi connectivity index (χ1v) is 8.54. The van der Waals surface area contributed by atoms with Crippen LogP contribution in [0.2, 0.25) is 0 Å². The van der Waals surface area contributed by atoms with E-state index < -0.39 is 0 Å². The average Bonchev–Trinajstić information content (AvgIpc) is 3.02. The molecule has 1 aromatic heterocycles. The maximum atomic E-state index is 5.88. The van der Waals surface area contributed by atoms with Crippen molar-refractivity contribution in [3.63, 3.8) is 0 Å². The van der Waals surface area contributed by atoms with Crippen LogP contribution in [-0.2, 0) is 24.0 Å². The molecule has 0 aliphatic heterocycles. The van der Waals surface area contributed by atoms with Crippen LogP contribution in [0.5, 0.6) is 0 Å². The van der Waals surface area contributed by atoms with Crippen molar-refractivity contribution >= 4 is 0 Å². The van der Waals surface area contributed by atoms with Crippen LogP contribution in [0.15, 0.2) is 36.7 Å². The van der Waals surface area contributed by atoms with E-state index in [0.29, 0.717) is 5.92 Å². The zero-order valence-corrected chi connectivity index (χ0v) is 13.3. The van der Waals surface area contributed by atoms with E-state index >= 15 is 0 Å². The number of aromatic amines is 1. The minimum Gasteiger partial charge on any atom is -0.381 e. The maximum Gasteiger partial charge on any atom is 0.0925 e. The first-order chi connectivity index (χ1) is 10.9. The predicted molar refractivity (Wildman–Crippen MR) is 88.9 cm³/mol. The second kappa shape index (κ2) is 8.14. The topological polar surface area (TPSA) is 37.9 Å². The summed E-state index contributed by atoms with van der Waals surface area (Å²) >= 11 is 0. The fraction of sp³-hybridized carbons (Fsp3) is 0.526. The number of imidazole rings is 1. The number of aromatic nitrogens is 2. The molecule has 2 aromatic rings. The van der Waals surface area contributed by atoms with Crippen molar-refractivity contribution in [2.75, 3.05) is 13.2 Å². The third-order valence-corrected chi connectivity index (χ3v) is 4.54. The molecule has 1 aromatic carbocycles. The summed E-state index contributed by atoms with van der Waals surface area (Å²) in [4.78, 5) is 7.60. The normalized spacial score (nSPS) is 17.4. The van der Waals surface area contributed by atoms with Crippen molar-refractivity contribution in [3.05, 3.63) is 53.6 Å². The van der Waals surface area contributed by atoms with Gasteiger partial charge in [0.25, 0.3) is 0 Å². The number of hydrogen-bond acceptors (Lipinski definition) is 2. The molecule has 0 fully saturated rings. The molecular formula is C19H26N2O. The summed E-state index contributed by atoms with van der Waals surface area (Å²) in [6, 6.07) is 10.7. The van der Waals surface area contributed by atoms with Gasteiger partial charge in [0.15, 0.2) is 0 Å². The Morgan fingerprint density at radius 2 is 2.05 bits per heavy atom. The van der Waals surface area contributed by atoms with Crippen LogP contribution >= 0.6 is 0 Å². The lowest BCUT2D eigenvalue weighted by molar-refractivity contribution is 0.0908. The lowest BCUT2D eigenvalue weighted by Gasteiger charge is -2.21. The smallest absolute Gasteiger partial charge is 0.0925 e. The average molecular weight is 298 g/mol. The molecular weight excluding hydrogens is 272 g/mol. The van der Waals surface area contributed by atoms with Crippen molar-refractivity contribution < 1.29 is 4.74 Å². The lowest BCUT2D eigenvalue weighted by Crippen LogP contribution is -2.19. The van der Waals surface area contributed by atoms with Crippen LogP contribution in [-0.4, -0.2) is 23.2 Å². The van der Waals surface area contributed by atoms with Crippen LogP contribution in [0.1, 0.15) is 42.6 Å². The van der Waals surface area contributed by atoms with E-state index in [1.54, 1.807) is 0 Å². The quantitative estimate of drug-likeness (QED) is 0.749. The summed E-state index contributed by atoms with van der Waals surface area (Å²) in [5.74, 6) is 0.664. The van der Waals surface area contributed by atoms with Gasteiger partial charge in [0.05, 0.1) is 12.0 Å². The molecule has 0 saturated heterocycles. The van der Waals surface area contributed by atoms with Crippen molar-refractivity contribution in [1.29, 1.82) is 0 Å². The van der Waals surface area contributed by atoms with Crippen molar-refractivity contribution in [2.45, 2.75) is 44.9 Å². The number of hydrogen-bond donors (Lipinski definition) is 1. The van der Waals surface area contributed by atoms with Crippen LogP contribution < -0.4 is 0 Å². The van der Waals surface area contributed by atoms with E-state index in [-0.39, 0.29) is 0 Å². The molecule has 1 atom stereocenters. The number of fused-ring (bicyclic) bond motifs is 1. The van der Waals surface area contributed by atoms with Gasteiger partial charge >= 0.3 is 0 Å². The molecule has 1 heterocycles. The Kier molecular flexibility index (Phi) is 5.66. The summed E-state index contributed by atoms with van der Waals surface area (Å²) in [6.07, 6.45) is 10.1. The summed E-state index contributed by atoms with van der Waals surface area (Å²) in [6.45, 7) is 1.80. The highest BCUT2D eigenvalue weighted by Crippen LogP contribution is 2.23. The second-order valence-corrected chi connectivity index (χ2v) is 6.31. The fourth-order valence-electron chi connectivity index (χ4n) is 3.22. The highest BCUT2D eigenvalue weighted by molar-refractivity contribution is 5.15. The zero-order valence-electron chi connectivity index (χ0n) is 13.3. The van der Waals surface area contributed by atoms with E-state index in [2.05, 4.69) is 40.3 Å². The van der Waals surface area contributed by atoms with Crippen LogP contribution in [0, 0.1) is 5.92 Å². The van der Waals surface area contributed by atoms with Crippen molar-refractivity contribution in [3.8, 4) is 0 Å². The van der Waals surface area contributed by atoms with E-state index in [0.717, 1.165) is 26.1 Å². The Labute approximate surface area is 133 Å². The molecule has 0 amide bonds. The Hall–Kier alpha value is -1.61. The molecule has 1 aliphatic rings. The molecule has 3 heteroatoms. The lowest BCUT2D eigenvalue weighted by atomic mass is 9.90. The van der Waals surface area contributed by atoms with Gasteiger partial charge in [-0.15, -0.1) is 0 Å². The van der Waals surface area contributed by atoms with E-state index in [1.807, 2.05) is 6.33 Å². The molecule has 1 unspecified atom stereocenters. The van der Waals surface area contributed by atoms with Gasteiger partial charge in [0.1, 0.15) is 0 Å². The van der Waals surface area contributed by atoms with Crippen LogP contribution in [0.4, 0.5) is 0 Å². The number of aryl methyl sites for hydroxylation is 2. The predicted octanol–water partition coefficient (Wildman–Crippen LogP) is 3.94. The van der Waals surface area contributed by atoms with E-state index in [9.17, 15) is 0 Å². The third-order valence-electron chi connectivity index (χ3n) is 4.54.